The molecule has 0 bridgehead atoms. The van der Waals surface area contributed by atoms with Crippen LogP contribution in [0.4, 0.5) is 0 Å². The predicted octanol–water partition coefficient (Wildman–Crippen LogP) is 1.49. The van der Waals surface area contributed by atoms with Crippen LogP contribution in [0.3, 0.4) is 0 Å². The van der Waals surface area contributed by atoms with Gasteiger partial charge in [-0.25, -0.2) is 0 Å². The Balaban J connectivity index is 2.19. The summed E-state index contributed by atoms with van der Waals surface area (Å²) in [4.78, 5) is 11.2. The lowest BCUT2D eigenvalue weighted by Gasteiger charge is -2.25. The Labute approximate surface area is 97.7 Å². The molecule has 0 aliphatic carbocycles. The molecule has 4 nitrogen and oxygen atoms in total. The minimum absolute atomic E-state index is 0.0527. The Morgan fingerprint density at radius 3 is 2.94 bits per heavy atom. The molecular weight excluding hydrogens is 206 g/mol. The molecule has 0 aromatic rings. The first-order valence-electron chi connectivity index (χ1n) is 6.09. The molecular formula is C12H23NO3. The van der Waals surface area contributed by atoms with Crippen LogP contribution in [0.25, 0.3) is 0 Å². The summed E-state index contributed by atoms with van der Waals surface area (Å²) >= 11 is 0. The van der Waals surface area contributed by atoms with E-state index in [1.807, 2.05) is 13.8 Å². The highest BCUT2D eigenvalue weighted by Gasteiger charge is 2.29. The minimum atomic E-state index is -0.139. The number of hydrogen-bond donors (Lipinski definition) is 1. The smallest absolute Gasteiger partial charge is 0.307 e. The zero-order valence-corrected chi connectivity index (χ0v) is 10.5. The molecule has 0 amide bonds. The third-order valence-corrected chi connectivity index (χ3v) is 2.90. The summed E-state index contributed by atoms with van der Waals surface area (Å²) < 4.78 is 10.6. The zero-order chi connectivity index (χ0) is 12.0. The second-order valence-corrected chi connectivity index (χ2v) is 4.69. The van der Waals surface area contributed by atoms with E-state index in [9.17, 15) is 4.79 Å². The largest absolute Gasteiger partial charge is 0.466 e. The lowest BCUT2D eigenvalue weighted by Crippen LogP contribution is -2.41. The molecule has 2 unspecified atom stereocenters. The molecule has 1 rings (SSSR count). The van der Waals surface area contributed by atoms with Crippen molar-refractivity contribution in [1.29, 1.82) is 0 Å². The first kappa shape index (κ1) is 13.5. The Hall–Kier alpha value is -0.610. The summed E-state index contributed by atoms with van der Waals surface area (Å²) in [5.41, 5.74) is -0.0527. The molecule has 0 aromatic carbocycles. The van der Waals surface area contributed by atoms with Crippen LogP contribution in [0.15, 0.2) is 0 Å². The highest BCUT2D eigenvalue weighted by Crippen LogP contribution is 2.24. The summed E-state index contributed by atoms with van der Waals surface area (Å²) in [6.45, 7) is 8.03. The van der Waals surface area contributed by atoms with Gasteiger partial charge >= 0.3 is 5.97 Å². The number of carbonyl (C=O) groups is 1. The van der Waals surface area contributed by atoms with Crippen molar-refractivity contribution in [1.82, 2.24) is 5.32 Å². The Morgan fingerprint density at radius 1 is 1.62 bits per heavy atom. The quantitative estimate of drug-likeness (QED) is 0.701. The van der Waals surface area contributed by atoms with E-state index in [-0.39, 0.29) is 17.6 Å². The summed E-state index contributed by atoms with van der Waals surface area (Å²) in [6, 6.07) is 0.139. The van der Waals surface area contributed by atoms with Gasteiger partial charge in [0.1, 0.15) is 0 Å². The zero-order valence-electron chi connectivity index (χ0n) is 10.5. The van der Waals surface area contributed by atoms with E-state index in [1.54, 1.807) is 0 Å². The summed E-state index contributed by atoms with van der Waals surface area (Å²) in [7, 11) is 0. The van der Waals surface area contributed by atoms with Crippen molar-refractivity contribution in [3.63, 3.8) is 0 Å². The van der Waals surface area contributed by atoms with E-state index in [1.165, 1.54) is 0 Å². The van der Waals surface area contributed by atoms with Crippen molar-refractivity contribution >= 4 is 5.97 Å². The lowest BCUT2D eigenvalue weighted by atomic mass is 10.0. The van der Waals surface area contributed by atoms with Crippen LogP contribution < -0.4 is 5.32 Å². The number of ether oxygens (including phenoxy) is 2. The first-order chi connectivity index (χ1) is 7.56. The molecule has 94 valence electrons. The molecule has 16 heavy (non-hydrogen) atoms. The molecule has 1 fully saturated rings. The maximum atomic E-state index is 11.2. The van der Waals surface area contributed by atoms with Crippen molar-refractivity contribution in [3.05, 3.63) is 0 Å². The van der Waals surface area contributed by atoms with Gasteiger partial charge in [-0.15, -0.1) is 0 Å². The number of hydrogen-bond acceptors (Lipinski definition) is 4. The summed E-state index contributed by atoms with van der Waals surface area (Å²) in [6.07, 6.45) is 2.64. The van der Waals surface area contributed by atoms with Crippen molar-refractivity contribution in [3.8, 4) is 0 Å². The van der Waals surface area contributed by atoms with E-state index >= 15 is 0 Å². The van der Waals surface area contributed by atoms with Crippen LogP contribution in [-0.2, 0) is 14.3 Å². The number of rotatable bonds is 6. The van der Waals surface area contributed by atoms with Crippen LogP contribution in [0.5, 0.6) is 0 Å². The van der Waals surface area contributed by atoms with Crippen LogP contribution in [0, 0.1) is 0 Å². The molecule has 4 heteroatoms. The number of nitrogens with one attached hydrogen (secondary N) is 1. The van der Waals surface area contributed by atoms with Gasteiger partial charge in [0.15, 0.2) is 0 Å². The van der Waals surface area contributed by atoms with Crippen LogP contribution in [0.2, 0.25) is 0 Å². The van der Waals surface area contributed by atoms with Gasteiger partial charge in [0.2, 0.25) is 0 Å². The Bertz CT molecular complexity index is 224. The Kier molecular flexibility index (Phi) is 5.22. The molecule has 0 spiro atoms. The van der Waals surface area contributed by atoms with Crippen molar-refractivity contribution < 1.29 is 14.3 Å². The fraction of sp³-hybridized carbons (Fsp3) is 0.917. The van der Waals surface area contributed by atoms with Gasteiger partial charge in [-0.2, -0.15) is 0 Å². The molecule has 1 saturated heterocycles. The van der Waals surface area contributed by atoms with Gasteiger partial charge in [-0.05, 0) is 33.6 Å². The SMILES string of the molecule is CCOC(=O)CC(C)NCC1(C)CCCO1. The third-order valence-electron chi connectivity index (χ3n) is 2.90. The molecule has 0 aromatic heterocycles. The highest BCUT2D eigenvalue weighted by molar-refractivity contribution is 5.69. The van der Waals surface area contributed by atoms with Gasteiger partial charge in [-0.1, -0.05) is 0 Å². The van der Waals surface area contributed by atoms with Crippen molar-refractivity contribution in [2.45, 2.75) is 51.7 Å². The van der Waals surface area contributed by atoms with Gasteiger partial charge < -0.3 is 14.8 Å². The molecule has 1 N–H and O–H groups in total. The maximum Gasteiger partial charge on any atom is 0.307 e. The molecule has 2 atom stereocenters. The normalized spacial score (nSPS) is 26.7. The van der Waals surface area contributed by atoms with Gasteiger partial charge in [0.25, 0.3) is 0 Å². The average Bonchev–Trinajstić information content (AvgIpc) is 2.63. The monoisotopic (exact) mass is 229 g/mol. The average molecular weight is 229 g/mol. The fourth-order valence-electron chi connectivity index (χ4n) is 1.91. The minimum Gasteiger partial charge on any atom is -0.466 e. The molecule has 0 radical (unpaired) electrons. The van der Waals surface area contributed by atoms with E-state index in [4.69, 9.17) is 9.47 Å². The first-order valence-corrected chi connectivity index (χ1v) is 6.09. The molecule has 1 heterocycles. The highest BCUT2D eigenvalue weighted by atomic mass is 16.5. The Morgan fingerprint density at radius 2 is 2.38 bits per heavy atom. The van der Waals surface area contributed by atoms with E-state index in [0.717, 1.165) is 26.0 Å². The van der Waals surface area contributed by atoms with Crippen molar-refractivity contribution in [2.75, 3.05) is 19.8 Å². The summed E-state index contributed by atoms with van der Waals surface area (Å²) in [5.74, 6) is -0.139. The standard InChI is InChI=1S/C12H23NO3/c1-4-15-11(14)8-10(2)13-9-12(3)6-5-7-16-12/h10,13H,4-9H2,1-3H3. The predicted molar refractivity (Wildman–Crippen MR) is 62.3 cm³/mol. The lowest BCUT2D eigenvalue weighted by molar-refractivity contribution is -0.143. The molecule has 1 aliphatic rings. The van der Waals surface area contributed by atoms with Crippen LogP contribution in [0.1, 0.15) is 40.0 Å². The molecule has 1 aliphatic heterocycles. The van der Waals surface area contributed by atoms with Gasteiger partial charge in [-0.3, -0.25) is 4.79 Å². The van der Waals surface area contributed by atoms with Gasteiger partial charge in [0.05, 0.1) is 18.6 Å². The van der Waals surface area contributed by atoms with Crippen LogP contribution >= 0.6 is 0 Å². The molecule has 0 saturated carbocycles. The fourth-order valence-corrected chi connectivity index (χ4v) is 1.91. The van der Waals surface area contributed by atoms with Crippen LogP contribution in [-0.4, -0.2) is 37.4 Å². The summed E-state index contributed by atoms with van der Waals surface area (Å²) in [5, 5.41) is 3.33. The van der Waals surface area contributed by atoms with E-state index in [2.05, 4.69) is 12.2 Å². The maximum absolute atomic E-state index is 11.2. The number of esters is 1. The second-order valence-electron chi connectivity index (χ2n) is 4.69. The topological polar surface area (TPSA) is 47.6 Å². The number of carbonyl (C=O) groups excluding carboxylic acids is 1. The van der Waals surface area contributed by atoms with E-state index in [0.29, 0.717) is 13.0 Å². The van der Waals surface area contributed by atoms with E-state index < -0.39 is 0 Å². The van der Waals surface area contributed by atoms with Crippen molar-refractivity contribution in [2.24, 2.45) is 0 Å². The van der Waals surface area contributed by atoms with Gasteiger partial charge in [0, 0.05) is 19.2 Å². The second kappa shape index (κ2) is 6.21. The third kappa shape index (κ3) is 4.49.